The highest BCUT2D eigenvalue weighted by Crippen LogP contribution is 2.34. The second kappa shape index (κ2) is 2.56. The number of hydrazine groups is 1. The standard InChI is InChI=1S/C6H12N2O2/c1-10-6(3-2-4-6)5(9)8-7/h2-4,7H2,1H3,(H,8,9). The second-order valence-corrected chi connectivity index (χ2v) is 2.53. The van der Waals surface area contributed by atoms with E-state index < -0.39 is 5.60 Å². The average molecular weight is 144 g/mol. The summed E-state index contributed by atoms with van der Waals surface area (Å²) in [5.41, 5.74) is 1.49. The first kappa shape index (κ1) is 7.50. The molecule has 0 aromatic heterocycles. The molecule has 0 aromatic carbocycles. The van der Waals surface area contributed by atoms with Crippen LogP contribution in [0.25, 0.3) is 0 Å². The predicted molar refractivity (Wildman–Crippen MR) is 35.9 cm³/mol. The molecule has 0 aliphatic heterocycles. The van der Waals surface area contributed by atoms with Crippen molar-refractivity contribution in [3.63, 3.8) is 0 Å². The van der Waals surface area contributed by atoms with Crippen molar-refractivity contribution in [2.24, 2.45) is 5.84 Å². The predicted octanol–water partition coefficient (Wildman–Crippen LogP) is -0.455. The average Bonchev–Trinajstić information content (AvgIpc) is 1.86. The fourth-order valence-electron chi connectivity index (χ4n) is 1.15. The molecule has 0 bridgehead atoms. The SMILES string of the molecule is COC1(C(=O)NN)CCC1. The first-order valence-corrected chi connectivity index (χ1v) is 3.31. The van der Waals surface area contributed by atoms with Crippen LogP contribution in [0.4, 0.5) is 0 Å². The van der Waals surface area contributed by atoms with Crippen molar-refractivity contribution in [2.45, 2.75) is 24.9 Å². The maximum atomic E-state index is 11.0. The van der Waals surface area contributed by atoms with Crippen LogP contribution in [0.2, 0.25) is 0 Å². The number of methoxy groups -OCH3 is 1. The summed E-state index contributed by atoms with van der Waals surface area (Å²) in [6.45, 7) is 0. The van der Waals surface area contributed by atoms with E-state index in [0.29, 0.717) is 0 Å². The molecule has 0 heterocycles. The summed E-state index contributed by atoms with van der Waals surface area (Å²) in [6.07, 6.45) is 2.61. The van der Waals surface area contributed by atoms with E-state index in [1.165, 1.54) is 7.11 Å². The highest BCUT2D eigenvalue weighted by molar-refractivity contribution is 5.85. The summed E-state index contributed by atoms with van der Waals surface area (Å²) < 4.78 is 5.03. The minimum Gasteiger partial charge on any atom is -0.368 e. The van der Waals surface area contributed by atoms with Gasteiger partial charge in [-0.2, -0.15) is 0 Å². The van der Waals surface area contributed by atoms with Gasteiger partial charge in [0.2, 0.25) is 0 Å². The highest BCUT2D eigenvalue weighted by Gasteiger charge is 2.43. The van der Waals surface area contributed by atoms with Crippen molar-refractivity contribution in [3.8, 4) is 0 Å². The van der Waals surface area contributed by atoms with E-state index in [0.717, 1.165) is 19.3 Å². The third-order valence-electron chi connectivity index (χ3n) is 2.10. The summed E-state index contributed by atoms with van der Waals surface area (Å²) >= 11 is 0. The lowest BCUT2D eigenvalue weighted by Crippen LogP contribution is -2.54. The molecule has 1 rings (SSSR count). The zero-order valence-corrected chi connectivity index (χ0v) is 6.02. The van der Waals surface area contributed by atoms with Crippen LogP contribution in [-0.4, -0.2) is 18.6 Å². The number of hydrogen-bond donors (Lipinski definition) is 2. The van der Waals surface area contributed by atoms with E-state index in [4.69, 9.17) is 10.6 Å². The largest absolute Gasteiger partial charge is 0.368 e. The lowest BCUT2D eigenvalue weighted by Gasteiger charge is -2.37. The van der Waals surface area contributed by atoms with Gasteiger partial charge < -0.3 is 4.74 Å². The Hall–Kier alpha value is -0.610. The second-order valence-electron chi connectivity index (χ2n) is 2.53. The maximum absolute atomic E-state index is 11.0. The molecule has 0 unspecified atom stereocenters. The molecule has 4 nitrogen and oxygen atoms in total. The molecule has 10 heavy (non-hydrogen) atoms. The number of nitrogens with one attached hydrogen (secondary N) is 1. The molecule has 0 atom stereocenters. The Morgan fingerprint density at radius 2 is 2.30 bits per heavy atom. The zero-order chi connectivity index (χ0) is 7.61. The summed E-state index contributed by atoms with van der Waals surface area (Å²) in [5.74, 6) is 4.76. The molecule has 4 heteroatoms. The van der Waals surface area contributed by atoms with Gasteiger partial charge in [0.1, 0.15) is 5.60 Å². The third kappa shape index (κ3) is 0.892. The quantitative estimate of drug-likeness (QED) is 0.313. The molecule has 0 spiro atoms. The van der Waals surface area contributed by atoms with E-state index in [-0.39, 0.29) is 5.91 Å². The summed E-state index contributed by atoms with van der Waals surface area (Å²) in [6, 6.07) is 0. The summed E-state index contributed by atoms with van der Waals surface area (Å²) in [4.78, 5) is 11.0. The number of amides is 1. The van der Waals surface area contributed by atoms with Gasteiger partial charge in [-0.1, -0.05) is 0 Å². The number of rotatable bonds is 2. The number of carbonyl (C=O) groups excluding carboxylic acids is 1. The van der Waals surface area contributed by atoms with Gasteiger partial charge in [0, 0.05) is 7.11 Å². The first-order chi connectivity index (χ1) is 4.75. The number of hydrogen-bond acceptors (Lipinski definition) is 3. The van der Waals surface area contributed by atoms with Crippen molar-refractivity contribution in [1.29, 1.82) is 0 Å². The van der Waals surface area contributed by atoms with E-state index >= 15 is 0 Å². The van der Waals surface area contributed by atoms with E-state index in [1.807, 2.05) is 0 Å². The summed E-state index contributed by atoms with van der Waals surface area (Å²) in [5, 5.41) is 0. The molecule has 1 fully saturated rings. The van der Waals surface area contributed by atoms with Crippen LogP contribution in [0.3, 0.4) is 0 Å². The van der Waals surface area contributed by atoms with E-state index in [2.05, 4.69) is 5.43 Å². The van der Waals surface area contributed by atoms with Gasteiger partial charge in [-0.3, -0.25) is 10.2 Å². The lowest BCUT2D eigenvalue weighted by atomic mass is 9.79. The zero-order valence-electron chi connectivity index (χ0n) is 6.02. The molecule has 1 amide bonds. The Morgan fingerprint density at radius 1 is 1.70 bits per heavy atom. The molecule has 1 saturated carbocycles. The minimum absolute atomic E-state index is 0.207. The highest BCUT2D eigenvalue weighted by atomic mass is 16.5. The Morgan fingerprint density at radius 3 is 2.40 bits per heavy atom. The number of nitrogens with two attached hydrogens (primary N) is 1. The van der Waals surface area contributed by atoms with Crippen molar-refractivity contribution in [1.82, 2.24) is 5.43 Å². The molecular weight excluding hydrogens is 132 g/mol. The van der Waals surface area contributed by atoms with Crippen molar-refractivity contribution < 1.29 is 9.53 Å². The van der Waals surface area contributed by atoms with Gasteiger partial charge in [0.15, 0.2) is 0 Å². The van der Waals surface area contributed by atoms with Crippen molar-refractivity contribution in [3.05, 3.63) is 0 Å². The molecule has 1 aliphatic rings. The van der Waals surface area contributed by atoms with Crippen LogP contribution in [0.1, 0.15) is 19.3 Å². The van der Waals surface area contributed by atoms with Crippen LogP contribution in [0.5, 0.6) is 0 Å². The first-order valence-electron chi connectivity index (χ1n) is 3.31. The third-order valence-corrected chi connectivity index (χ3v) is 2.10. The molecular formula is C6H12N2O2. The minimum atomic E-state index is -0.602. The number of carbonyl (C=O) groups is 1. The van der Waals surface area contributed by atoms with Gasteiger partial charge in [0.25, 0.3) is 5.91 Å². The normalized spacial score (nSPS) is 21.4. The van der Waals surface area contributed by atoms with Crippen molar-refractivity contribution in [2.75, 3.05) is 7.11 Å². The van der Waals surface area contributed by atoms with E-state index in [1.54, 1.807) is 0 Å². The van der Waals surface area contributed by atoms with Gasteiger partial charge in [-0.15, -0.1) is 0 Å². The summed E-state index contributed by atoms with van der Waals surface area (Å²) in [7, 11) is 1.54. The van der Waals surface area contributed by atoms with Crippen LogP contribution >= 0.6 is 0 Å². The van der Waals surface area contributed by atoms with Gasteiger partial charge in [-0.25, -0.2) is 5.84 Å². The Balaban J connectivity index is 2.55. The van der Waals surface area contributed by atoms with Gasteiger partial charge in [-0.05, 0) is 19.3 Å². The Bertz CT molecular complexity index is 137. The fraction of sp³-hybridized carbons (Fsp3) is 0.833. The van der Waals surface area contributed by atoms with Crippen LogP contribution < -0.4 is 11.3 Å². The lowest BCUT2D eigenvalue weighted by molar-refractivity contribution is -0.154. The molecule has 1 aliphatic carbocycles. The van der Waals surface area contributed by atoms with Crippen LogP contribution in [0.15, 0.2) is 0 Å². The topological polar surface area (TPSA) is 64.3 Å². The van der Waals surface area contributed by atoms with Crippen LogP contribution in [-0.2, 0) is 9.53 Å². The molecule has 0 aromatic rings. The molecule has 0 saturated heterocycles. The fourth-order valence-corrected chi connectivity index (χ4v) is 1.15. The van der Waals surface area contributed by atoms with E-state index in [9.17, 15) is 4.79 Å². The Labute approximate surface area is 59.7 Å². The Kier molecular flexibility index (Phi) is 1.92. The molecule has 58 valence electrons. The van der Waals surface area contributed by atoms with Crippen LogP contribution in [0, 0.1) is 0 Å². The molecule has 0 radical (unpaired) electrons. The monoisotopic (exact) mass is 144 g/mol. The smallest absolute Gasteiger partial charge is 0.266 e. The number of ether oxygens (including phenoxy) is 1. The van der Waals surface area contributed by atoms with Gasteiger partial charge >= 0.3 is 0 Å². The van der Waals surface area contributed by atoms with Gasteiger partial charge in [0.05, 0.1) is 0 Å². The van der Waals surface area contributed by atoms with Crippen molar-refractivity contribution >= 4 is 5.91 Å². The maximum Gasteiger partial charge on any atom is 0.266 e. The molecule has 3 N–H and O–H groups in total.